The summed E-state index contributed by atoms with van der Waals surface area (Å²) in [7, 11) is 0. The molecule has 1 fully saturated rings. The number of hydrogen-bond acceptors (Lipinski definition) is 5. The van der Waals surface area contributed by atoms with Crippen molar-refractivity contribution in [3.8, 4) is 11.3 Å². The highest BCUT2D eigenvalue weighted by atomic mass is 35.5. The van der Waals surface area contributed by atoms with Gasteiger partial charge in [0.05, 0.1) is 5.69 Å². The van der Waals surface area contributed by atoms with Crippen LogP contribution in [0.15, 0.2) is 48.5 Å². The van der Waals surface area contributed by atoms with Crippen LogP contribution in [0, 0.1) is 0 Å². The molecule has 0 radical (unpaired) electrons. The van der Waals surface area contributed by atoms with Crippen molar-refractivity contribution in [1.82, 2.24) is 20.4 Å². The number of carbonyl (C=O) groups excluding carboxylic acids is 4. The maximum absolute atomic E-state index is 12.8. The first-order valence-electron chi connectivity index (χ1n) is 10.3. The quantitative estimate of drug-likeness (QED) is 0.513. The normalized spacial score (nSPS) is 17.7. The lowest BCUT2D eigenvalue weighted by Gasteiger charge is -2.29. The van der Waals surface area contributed by atoms with E-state index in [1.54, 1.807) is 36.4 Å². The number of benzene rings is 2. The van der Waals surface area contributed by atoms with E-state index in [0.29, 0.717) is 34.0 Å². The molecule has 3 aromatic rings. The van der Waals surface area contributed by atoms with Crippen molar-refractivity contribution in [3.05, 3.63) is 70.4 Å². The van der Waals surface area contributed by atoms with Crippen molar-refractivity contribution in [2.45, 2.75) is 25.4 Å². The Balaban J connectivity index is 1.30. The number of hydrogen-bond donors (Lipinski definition) is 3. The predicted molar refractivity (Wildman–Crippen MR) is 119 cm³/mol. The lowest BCUT2D eigenvalue weighted by molar-refractivity contribution is -0.136. The van der Waals surface area contributed by atoms with Crippen LogP contribution in [0.25, 0.3) is 11.3 Å². The van der Waals surface area contributed by atoms with Gasteiger partial charge in [-0.3, -0.25) is 29.6 Å². The highest BCUT2D eigenvalue weighted by Crippen LogP contribution is 2.29. The Morgan fingerprint density at radius 1 is 1.09 bits per heavy atom. The Hall–Kier alpha value is -3.98. The van der Waals surface area contributed by atoms with Gasteiger partial charge < -0.3 is 10.2 Å². The molecule has 0 aliphatic carbocycles. The minimum Gasteiger partial charge on any atom is -0.322 e. The van der Waals surface area contributed by atoms with E-state index in [1.807, 2.05) is 12.1 Å². The predicted octanol–water partition coefficient (Wildman–Crippen LogP) is 2.74. The Morgan fingerprint density at radius 3 is 2.64 bits per heavy atom. The summed E-state index contributed by atoms with van der Waals surface area (Å²) >= 11 is 5.91. The molecule has 1 atom stereocenters. The highest BCUT2D eigenvalue weighted by Gasteiger charge is 2.39. The average Bonchev–Trinajstić information content (AvgIpc) is 3.40. The molecule has 166 valence electrons. The topological polar surface area (TPSA) is 124 Å². The molecule has 2 aliphatic rings. The Labute approximate surface area is 193 Å². The third kappa shape index (κ3) is 3.98. The number of H-pyrrole nitrogens is 1. The van der Waals surface area contributed by atoms with E-state index >= 15 is 0 Å². The van der Waals surface area contributed by atoms with E-state index in [0.717, 1.165) is 5.56 Å². The smallest absolute Gasteiger partial charge is 0.273 e. The van der Waals surface area contributed by atoms with Gasteiger partial charge in [-0.1, -0.05) is 23.7 Å². The number of amides is 4. The molecule has 1 unspecified atom stereocenters. The molecule has 3 heterocycles. The zero-order valence-electron chi connectivity index (χ0n) is 17.2. The average molecular weight is 464 g/mol. The molecular weight excluding hydrogens is 446 g/mol. The van der Waals surface area contributed by atoms with Crippen molar-refractivity contribution in [1.29, 1.82) is 0 Å². The van der Waals surface area contributed by atoms with Crippen LogP contribution in [0.5, 0.6) is 0 Å². The van der Waals surface area contributed by atoms with E-state index < -0.39 is 11.9 Å². The van der Waals surface area contributed by atoms with E-state index in [2.05, 4.69) is 20.8 Å². The van der Waals surface area contributed by atoms with Gasteiger partial charge in [0.2, 0.25) is 11.8 Å². The largest absolute Gasteiger partial charge is 0.322 e. The number of carbonyl (C=O) groups is 4. The number of aromatic nitrogens is 2. The van der Waals surface area contributed by atoms with E-state index in [9.17, 15) is 19.2 Å². The fourth-order valence-electron chi connectivity index (χ4n) is 4.06. The van der Waals surface area contributed by atoms with Gasteiger partial charge in [-0.25, -0.2) is 0 Å². The maximum Gasteiger partial charge on any atom is 0.273 e. The third-order valence-corrected chi connectivity index (χ3v) is 6.00. The minimum absolute atomic E-state index is 0.194. The number of nitrogens with one attached hydrogen (secondary N) is 3. The van der Waals surface area contributed by atoms with Gasteiger partial charge in [0, 0.05) is 34.8 Å². The summed E-state index contributed by atoms with van der Waals surface area (Å²) < 4.78 is 0. The molecule has 0 bridgehead atoms. The Kier molecular flexibility index (Phi) is 5.18. The monoisotopic (exact) mass is 463 g/mol. The summed E-state index contributed by atoms with van der Waals surface area (Å²) in [5, 5.41) is 12.6. The van der Waals surface area contributed by atoms with Crippen LogP contribution in [0.4, 0.5) is 5.69 Å². The first kappa shape index (κ1) is 20.9. The van der Waals surface area contributed by atoms with Gasteiger partial charge in [0.15, 0.2) is 0 Å². The summed E-state index contributed by atoms with van der Waals surface area (Å²) in [6.45, 7) is 0.231. The molecule has 2 aromatic carbocycles. The number of rotatable bonds is 4. The van der Waals surface area contributed by atoms with Crippen LogP contribution in [0.3, 0.4) is 0 Å². The second kappa shape index (κ2) is 8.18. The van der Waals surface area contributed by atoms with Crippen LogP contribution >= 0.6 is 11.6 Å². The van der Waals surface area contributed by atoms with E-state index in [1.165, 1.54) is 4.90 Å². The molecule has 5 rings (SSSR count). The van der Waals surface area contributed by atoms with Crippen molar-refractivity contribution in [2.75, 3.05) is 5.32 Å². The van der Waals surface area contributed by atoms with Crippen molar-refractivity contribution in [2.24, 2.45) is 0 Å². The molecule has 10 heteroatoms. The number of aromatic amines is 1. The minimum atomic E-state index is -0.683. The summed E-state index contributed by atoms with van der Waals surface area (Å²) in [5.41, 5.74) is 3.40. The standard InChI is InChI=1S/C23H18ClN5O4/c24-14-3-1-12(2-4-14)17-10-18(28-27-17)21(31)25-15-5-6-16-13(9-15)11-29(23(16)33)19-7-8-20(30)26-22(19)32/h1-6,9-10,19H,7-8,11H2,(H,25,31)(H,27,28)(H,26,30,32). The van der Waals surface area contributed by atoms with Crippen molar-refractivity contribution in [3.63, 3.8) is 0 Å². The summed E-state index contributed by atoms with van der Waals surface area (Å²) in [6, 6.07) is 13.1. The molecule has 33 heavy (non-hydrogen) atoms. The molecule has 0 spiro atoms. The van der Waals surface area contributed by atoms with Gasteiger partial charge in [-0.2, -0.15) is 5.10 Å². The molecule has 3 N–H and O–H groups in total. The summed E-state index contributed by atoms with van der Waals surface area (Å²) in [6.07, 6.45) is 0.490. The number of imide groups is 1. The lowest BCUT2D eigenvalue weighted by atomic mass is 10.0. The van der Waals surface area contributed by atoms with Crippen molar-refractivity contribution >= 4 is 40.9 Å². The van der Waals surface area contributed by atoms with Crippen LogP contribution in [-0.4, -0.2) is 44.8 Å². The van der Waals surface area contributed by atoms with Crippen molar-refractivity contribution < 1.29 is 19.2 Å². The lowest BCUT2D eigenvalue weighted by Crippen LogP contribution is -2.52. The molecule has 1 saturated heterocycles. The number of piperidine rings is 1. The van der Waals surface area contributed by atoms with Crippen LogP contribution in [-0.2, 0) is 16.1 Å². The fourth-order valence-corrected chi connectivity index (χ4v) is 4.18. The van der Waals surface area contributed by atoms with Gasteiger partial charge in [-0.15, -0.1) is 0 Å². The number of fused-ring (bicyclic) bond motifs is 1. The number of anilines is 1. The van der Waals surface area contributed by atoms with Gasteiger partial charge in [0.1, 0.15) is 11.7 Å². The Morgan fingerprint density at radius 2 is 1.88 bits per heavy atom. The van der Waals surface area contributed by atoms with Gasteiger partial charge in [0.25, 0.3) is 11.8 Å². The molecule has 9 nitrogen and oxygen atoms in total. The Bertz CT molecular complexity index is 1300. The second-order valence-electron chi connectivity index (χ2n) is 7.90. The zero-order valence-corrected chi connectivity index (χ0v) is 18.0. The fraction of sp³-hybridized carbons (Fsp3) is 0.174. The summed E-state index contributed by atoms with van der Waals surface area (Å²) in [5.74, 6) is -1.44. The molecule has 2 aliphatic heterocycles. The third-order valence-electron chi connectivity index (χ3n) is 5.74. The molecule has 1 aromatic heterocycles. The highest BCUT2D eigenvalue weighted by molar-refractivity contribution is 6.30. The second-order valence-corrected chi connectivity index (χ2v) is 8.34. The van der Waals surface area contributed by atoms with Crippen LogP contribution < -0.4 is 10.6 Å². The van der Waals surface area contributed by atoms with Gasteiger partial charge in [-0.05, 0) is 48.4 Å². The maximum atomic E-state index is 12.8. The molecular formula is C23H18ClN5O4. The molecule has 0 saturated carbocycles. The SMILES string of the molecule is O=C1CCC(N2Cc3cc(NC(=O)c4cc(-c5ccc(Cl)cc5)n[nH]4)ccc3C2=O)C(=O)N1. The first-order valence-corrected chi connectivity index (χ1v) is 10.7. The van der Waals surface area contributed by atoms with Gasteiger partial charge >= 0.3 is 0 Å². The summed E-state index contributed by atoms with van der Waals surface area (Å²) in [4.78, 5) is 50.5. The van der Waals surface area contributed by atoms with E-state index in [-0.39, 0.29) is 36.4 Å². The first-order chi connectivity index (χ1) is 15.9. The van der Waals surface area contributed by atoms with Crippen LogP contribution in [0.1, 0.15) is 39.3 Å². The molecule has 4 amide bonds. The zero-order chi connectivity index (χ0) is 23.1. The van der Waals surface area contributed by atoms with Crippen LogP contribution in [0.2, 0.25) is 5.02 Å². The van der Waals surface area contributed by atoms with E-state index in [4.69, 9.17) is 11.6 Å². The number of nitrogens with zero attached hydrogens (tertiary/aromatic N) is 2. The number of halogens is 1.